The number of unbranched alkanes of at least 4 members (excludes halogenated alkanes) is 2. The molecule has 0 atom stereocenters. The van der Waals surface area contributed by atoms with Gasteiger partial charge in [-0.1, -0.05) is 19.8 Å². The molecule has 0 fully saturated rings. The molecule has 29 heavy (non-hydrogen) atoms. The number of aromatic nitrogens is 1. The number of carbonyl (C=O) groups excluding carboxylic acids is 1. The number of hydrogen-bond acceptors (Lipinski definition) is 5. The van der Waals surface area contributed by atoms with Gasteiger partial charge >= 0.3 is 0 Å². The van der Waals surface area contributed by atoms with E-state index in [-0.39, 0.29) is 17.2 Å². The van der Waals surface area contributed by atoms with E-state index in [0.29, 0.717) is 18.1 Å². The van der Waals surface area contributed by atoms with Crippen LogP contribution in [0.4, 0.5) is 0 Å². The lowest BCUT2D eigenvalue weighted by molar-refractivity contribution is 0.0953. The Labute approximate surface area is 171 Å². The standard InChI is InChI=1S/C22H29N3O4/c1-5-6-7-13-29-19-11-10-17(14-20(19)28-4)15-23-24-21(26)18-9-8-12-25(16(2)3)22(18)27/h8-12,14-16H,5-7,13H2,1-4H3,(H,24,26)/b23-15-. The zero-order chi connectivity index (χ0) is 21.2. The molecule has 7 nitrogen and oxygen atoms in total. The Morgan fingerprint density at radius 2 is 2.03 bits per heavy atom. The summed E-state index contributed by atoms with van der Waals surface area (Å²) in [5, 5.41) is 3.96. The smallest absolute Gasteiger partial charge is 0.276 e. The molecule has 0 radical (unpaired) electrons. The van der Waals surface area contributed by atoms with Gasteiger partial charge in [0.25, 0.3) is 11.5 Å². The van der Waals surface area contributed by atoms with Crippen molar-refractivity contribution in [2.24, 2.45) is 5.10 Å². The molecule has 0 spiro atoms. The number of nitrogens with one attached hydrogen (secondary N) is 1. The van der Waals surface area contributed by atoms with Crippen LogP contribution in [0, 0.1) is 0 Å². The third-order valence-electron chi connectivity index (χ3n) is 4.35. The fraction of sp³-hybridized carbons (Fsp3) is 0.409. The summed E-state index contributed by atoms with van der Waals surface area (Å²) in [5.74, 6) is 0.715. The van der Waals surface area contributed by atoms with Crippen LogP contribution < -0.4 is 20.5 Å². The largest absolute Gasteiger partial charge is 0.493 e. The van der Waals surface area contributed by atoms with Crippen molar-refractivity contribution in [3.05, 3.63) is 58.0 Å². The Bertz CT molecular complexity index is 903. The average molecular weight is 399 g/mol. The van der Waals surface area contributed by atoms with Crippen molar-refractivity contribution >= 4 is 12.1 Å². The van der Waals surface area contributed by atoms with Crippen molar-refractivity contribution in [3.8, 4) is 11.5 Å². The fourth-order valence-corrected chi connectivity index (χ4v) is 2.73. The van der Waals surface area contributed by atoms with Gasteiger partial charge < -0.3 is 14.0 Å². The van der Waals surface area contributed by atoms with Gasteiger partial charge in [-0.05, 0) is 56.2 Å². The number of methoxy groups -OCH3 is 1. The molecule has 0 saturated carbocycles. The Morgan fingerprint density at radius 3 is 2.72 bits per heavy atom. The molecule has 156 valence electrons. The van der Waals surface area contributed by atoms with Crippen LogP contribution >= 0.6 is 0 Å². The molecule has 2 rings (SSSR count). The van der Waals surface area contributed by atoms with Crippen LogP contribution in [-0.4, -0.2) is 30.4 Å². The lowest BCUT2D eigenvalue weighted by Crippen LogP contribution is -2.31. The maximum atomic E-state index is 12.4. The summed E-state index contributed by atoms with van der Waals surface area (Å²) in [6, 6.07) is 8.53. The van der Waals surface area contributed by atoms with Gasteiger partial charge in [0.2, 0.25) is 0 Å². The van der Waals surface area contributed by atoms with Gasteiger partial charge in [0.1, 0.15) is 5.56 Å². The SMILES string of the molecule is CCCCCOc1ccc(/C=N\NC(=O)c2cccn(C(C)C)c2=O)cc1OC. The Morgan fingerprint density at radius 1 is 1.24 bits per heavy atom. The van der Waals surface area contributed by atoms with E-state index >= 15 is 0 Å². The van der Waals surface area contributed by atoms with Crippen LogP contribution in [0.25, 0.3) is 0 Å². The molecule has 1 amide bonds. The van der Waals surface area contributed by atoms with Crippen molar-refractivity contribution in [2.75, 3.05) is 13.7 Å². The number of pyridine rings is 1. The zero-order valence-electron chi connectivity index (χ0n) is 17.5. The van der Waals surface area contributed by atoms with Crippen molar-refractivity contribution in [1.82, 2.24) is 9.99 Å². The molecular weight excluding hydrogens is 370 g/mol. The fourth-order valence-electron chi connectivity index (χ4n) is 2.73. The number of nitrogens with zero attached hydrogens (tertiary/aromatic N) is 2. The molecule has 0 saturated heterocycles. The van der Waals surface area contributed by atoms with E-state index < -0.39 is 5.91 Å². The van der Waals surface area contributed by atoms with Gasteiger partial charge in [-0.25, -0.2) is 5.43 Å². The summed E-state index contributed by atoms with van der Waals surface area (Å²) in [5.41, 5.74) is 2.83. The molecule has 0 bridgehead atoms. The number of hydrazone groups is 1. The average Bonchev–Trinajstić information content (AvgIpc) is 2.71. The summed E-state index contributed by atoms with van der Waals surface area (Å²) in [7, 11) is 1.58. The van der Waals surface area contributed by atoms with Crippen molar-refractivity contribution in [3.63, 3.8) is 0 Å². The first-order valence-corrected chi connectivity index (χ1v) is 9.83. The second-order valence-electron chi connectivity index (χ2n) is 6.89. The Balaban J connectivity index is 2.04. The normalized spacial score (nSPS) is 11.1. The van der Waals surface area contributed by atoms with E-state index in [1.54, 1.807) is 25.4 Å². The summed E-state index contributed by atoms with van der Waals surface area (Å²) >= 11 is 0. The highest BCUT2D eigenvalue weighted by Crippen LogP contribution is 2.27. The molecule has 2 aromatic rings. The zero-order valence-corrected chi connectivity index (χ0v) is 17.5. The number of amides is 1. The predicted molar refractivity (Wildman–Crippen MR) is 114 cm³/mol. The molecule has 0 aliphatic carbocycles. The first kappa shape index (κ1) is 22.2. The molecular formula is C22H29N3O4. The maximum Gasteiger partial charge on any atom is 0.276 e. The minimum atomic E-state index is -0.552. The first-order valence-electron chi connectivity index (χ1n) is 9.83. The Kier molecular flexibility index (Phi) is 8.45. The maximum absolute atomic E-state index is 12.4. The third-order valence-corrected chi connectivity index (χ3v) is 4.35. The number of hydrogen-bond donors (Lipinski definition) is 1. The van der Waals surface area contributed by atoms with Crippen LogP contribution in [0.15, 0.2) is 46.4 Å². The highest BCUT2D eigenvalue weighted by atomic mass is 16.5. The van der Waals surface area contributed by atoms with Crippen LogP contribution in [0.5, 0.6) is 11.5 Å². The lowest BCUT2D eigenvalue weighted by Gasteiger charge is -2.11. The van der Waals surface area contributed by atoms with Crippen molar-refractivity contribution in [2.45, 2.75) is 46.1 Å². The number of carbonyl (C=O) groups is 1. The van der Waals surface area contributed by atoms with E-state index in [2.05, 4.69) is 17.5 Å². The van der Waals surface area contributed by atoms with Gasteiger partial charge in [-0.3, -0.25) is 9.59 Å². The molecule has 0 aliphatic heterocycles. The van der Waals surface area contributed by atoms with E-state index in [1.165, 1.54) is 16.8 Å². The molecule has 0 aliphatic rings. The Hall–Kier alpha value is -3.09. The lowest BCUT2D eigenvalue weighted by atomic mass is 10.2. The van der Waals surface area contributed by atoms with E-state index in [0.717, 1.165) is 24.8 Å². The molecule has 7 heteroatoms. The van der Waals surface area contributed by atoms with Crippen LogP contribution in [0.2, 0.25) is 0 Å². The highest BCUT2D eigenvalue weighted by molar-refractivity contribution is 5.94. The van der Waals surface area contributed by atoms with E-state index in [9.17, 15) is 9.59 Å². The van der Waals surface area contributed by atoms with Crippen molar-refractivity contribution in [1.29, 1.82) is 0 Å². The van der Waals surface area contributed by atoms with Gasteiger partial charge in [0.15, 0.2) is 11.5 Å². The topological polar surface area (TPSA) is 81.9 Å². The quantitative estimate of drug-likeness (QED) is 0.375. The van der Waals surface area contributed by atoms with Crippen LogP contribution in [0.3, 0.4) is 0 Å². The van der Waals surface area contributed by atoms with E-state index in [1.807, 2.05) is 26.0 Å². The first-order chi connectivity index (χ1) is 14.0. The molecule has 1 aromatic carbocycles. The van der Waals surface area contributed by atoms with Gasteiger partial charge in [0, 0.05) is 12.2 Å². The molecule has 1 aromatic heterocycles. The molecule has 1 N–H and O–H groups in total. The predicted octanol–water partition coefficient (Wildman–Crippen LogP) is 3.77. The summed E-state index contributed by atoms with van der Waals surface area (Å²) in [6.45, 7) is 6.54. The van der Waals surface area contributed by atoms with Gasteiger partial charge in [0.05, 0.1) is 19.9 Å². The van der Waals surface area contributed by atoms with Gasteiger partial charge in [-0.2, -0.15) is 5.10 Å². The van der Waals surface area contributed by atoms with Crippen molar-refractivity contribution < 1.29 is 14.3 Å². The van der Waals surface area contributed by atoms with Gasteiger partial charge in [-0.15, -0.1) is 0 Å². The number of rotatable bonds is 10. The minimum absolute atomic E-state index is 0.0334. The molecule has 0 unspecified atom stereocenters. The second-order valence-corrected chi connectivity index (χ2v) is 6.89. The second kappa shape index (κ2) is 11.0. The van der Waals surface area contributed by atoms with Crippen LogP contribution in [0.1, 0.15) is 62.0 Å². The van der Waals surface area contributed by atoms with Crippen LogP contribution in [-0.2, 0) is 0 Å². The minimum Gasteiger partial charge on any atom is -0.493 e. The summed E-state index contributed by atoms with van der Waals surface area (Å²) in [6.07, 6.45) is 6.40. The summed E-state index contributed by atoms with van der Waals surface area (Å²) in [4.78, 5) is 24.6. The third kappa shape index (κ3) is 6.20. The number of ether oxygens (including phenoxy) is 2. The highest BCUT2D eigenvalue weighted by Gasteiger charge is 2.12. The monoisotopic (exact) mass is 399 g/mol. The number of benzene rings is 1. The molecule has 1 heterocycles. The van der Waals surface area contributed by atoms with E-state index in [4.69, 9.17) is 9.47 Å². The summed E-state index contributed by atoms with van der Waals surface area (Å²) < 4.78 is 12.6.